The minimum Gasteiger partial charge on any atom is -0.227 e. The van der Waals surface area contributed by atoms with E-state index in [1.165, 1.54) is 12.2 Å². The van der Waals surface area contributed by atoms with Gasteiger partial charge in [0.25, 0.3) is 5.70 Å². The molecule has 0 atom stereocenters. The lowest BCUT2D eigenvalue weighted by Crippen LogP contribution is -1.87. The molecule has 0 aromatic heterocycles. The molecule has 1 aromatic rings. The normalized spacial score (nSPS) is 11.5. The molecule has 21 heavy (non-hydrogen) atoms. The van der Waals surface area contributed by atoms with Crippen LogP contribution in [-0.2, 0) is 0 Å². The zero-order chi connectivity index (χ0) is 15.5. The average Bonchev–Trinajstić information content (AvgIpc) is 2.55. The summed E-state index contributed by atoms with van der Waals surface area (Å²) in [6, 6.07) is 14.8. The van der Waals surface area contributed by atoms with Crippen molar-refractivity contribution in [3.05, 3.63) is 77.3 Å². The second-order valence-electron chi connectivity index (χ2n) is 3.86. The molecule has 0 unspecified atom stereocenters. The van der Waals surface area contributed by atoms with Gasteiger partial charge < -0.3 is 0 Å². The van der Waals surface area contributed by atoms with Crippen LogP contribution in [0.2, 0.25) is 0 Å². The Labute approximate surface area is 123 Å². The summed E-state index contributed by atoms with van der Waals surface area (Å²) in [6.07, 6.45) is 6.15. The smallest absolute Gasteiger partial charge is 0.227 e. The Balaban J connectivity index is 3.22. The highest BCUT2D eigenvalue weighted by Crippen LogP contribution is 2.17. The highest BCUT2D eigenvalue weighted by molar-refractivity contribution is 5.75. The quantitative estimate of drug-likeness (QED) is 0.476. The fourth-order valence-electron chi connectivity index (χ4n) is 1.46. The Morgan fingerprint density at radius 3 is 2.29 bits per heavy atom. The fraction of sp³-hybridized carbons (Fsp3) is 0.0588. The Kier molecular flexibility index (Phi) is 6.25. The van der Waals surface area contributed by atoms with Crippen molar-refractivity contribution in [3.63, 3.8) is 0 Å². The first-order chi connectivity index (χ1) is 10.2. The van der Waals surface area contributed by atoms with Crippen molar-refractivity contribution >= 4 is 5.57 Å². The van der Waals surface area contributed by atoms with Gasteiger partial charge >= 0.3 is 0 Å². The Bertz CT molecular complexity index is 711. The molecule has 1 aromatic carbocycles. The van der Waals surface area contributed by atoms with Gasteiger partial charge in [0.2, 0.25) is 0 Å². The summed E-state index contributed by atoms with van der Waals surface area (Å²) in [5.74, 6) is -0.836. The van der Waals surface area contributed by atoms with Crippen LogP contribution in [0.5, 0.6) is 0 Å². The Morgan fingerprint density at radius 1 is 1.10 bits per heavy atom. The van der Waals surface area contributed by atoms with Crippen LogP contribution in [0.4, 0.5) is 0 Å². The molecule has 0 amide bonds. The minimum atomic E-state index is -0.836. The van der Waals surface area contributed by atoms with Gasteiger partial charge in [-0.25, -0.2) is 10.1 Å². The molecule has 4 heteroatoms. The number of hydrogen-bond acceptors (Lipinski definition) is 3. The molecule has 98 valence electrons. The summed E-state index contributed by atoms with van der Waals surface area (Å²) in [5.41, 5.74) is 1.54. The fourth-order valence-corrected chi connectivity index (χ4v) is 1.46. The molecule has 0 N–H and O–H groups in total. The molecule has 4 nitrogen and oxygen atoms in total. The molecule has 0 heterocycles. The van der Waals surface area contributed by atoms with Crippen LogP contribution in [0.15, 0.2) is 60.3 Å². The van der Waals surface area contributed by atoms with Crippen molar-refractivity contribution < 1.29 is 0 Å². The molecule has 0 spiro atoms. The third-order valence-corrected chi connectivity index (χ3v) is 2.51. The second kappa shape index (κ2) is 8.49. The minimum absolute atomic E-state index is 0.0334. The van der Waals surface area contributed by atoms with Crippen molar-refractivity contribution in [2.75, 3.05) is 0 Å². The van der Waals surface area contributed by atoms with Crippen molar-refractivity contribution in [1.29, 1.82) is 15.8 Å². The number of benzene rings is 1. The van der Waals surface area contributed by atoms with Gasteiger partial charge in [-0.3, -0.25) is 0 Å². The first-order valence-corrected chi connectivity index (χ1v) is 5.97. The molecule has 0 aliphatic carbocycles. The van der Waals surface area contributed by atoms with Crippen LogP contribution < -0.4 is 0 Å². The highest BCUT2D eigenvalue weighted by Gasteiger charge is 2.01. The number of nitrogens with zero attached hydrogens (tertiary/aromatic N) is 4. The monoisotopic (exact) mass is 270 g/mol. The summed E-state index contributed by atoms with van der Waals surface area (Å²) < 4.78 is 0. The molecule has 0 bridgehead atoms. The summed E-state index contributed by atoms with van der Waals surface area (Å²) in [6.45, 7) is 6.84. The molecule has 0 saturated heterocycles. The summed E-state index contributed by atoms with van der Waals surface area (Å²) >= 11 is 0. The lowest BCUT2D eigenvalue weighted by atomic mass is 10.0. The Hall–Kier alpha value is -3.60. The molecule has 0 aliphatic heterocycles. The number of hydrogen-bond donors (Lipinski definition) is 0. The van der Waals surface area contributed by atoms with Crippen molar-refractivity contribution in [2.45, 2.75) is 0 Å². The standard InChI is InChI=1S/C17H10N4/c1-21-17(13-20)10-9-16(8-7-14(11-18)12-19)15-5-3-2-4-6-15/h2-10,14H. The van der Waals surface area contributed by atoms with Crippen LogP contribution in [0.3, 0.4) is 0 Å². The zero-order valence-electron chi connectivity index (χ0n) is 11.1. The highest BCUT2D eigenvalue weighted by atomic mass is 14.7. The average molecular weight is 270 g/mol. The van der Waals surface area contributed by atoms with Crippen LogP contribution >= 0.6 is 0 Å². The molecule has 0 saturated carbocycles. The van der Waals surface area contributed by atoms with E-state index in [0.717, 1.165) is 5.56 Å². The largest absolute Gasteiger partial charge is 0.261 e. The van der Waals surface area contributed by atoms with Gasteiger partial charge in [0.05, 0.1) is 24.8 Å². The predicted octanol–water partition coefficient (Wildman–Crippen LogP) is 3.62. The van der Waals surface area contributed by atoms with Gasteiger partial charge in [0, 0.05) is 0 Å². The number of nitriles is 3. The SMILES string of the molecule is [C-]#[N+]C(C#N)=CC=C(C=CC(C#N)C#N)c1ccccc1. The van der Waals surface area contributed by atoms with Gasteiger partial charge in [0.1, 0.15) is 0 Å². The summed E-state index contributed by atoms with van der Waals surface area (Å²) in [4.78, 5) is 3.08. The van der Waals surface area contributed by atoms with Crippen molar-refractivity contribution in [2.24, 2.45) is 5.92 Å². The summed E-state index contributed by atoms with van der Waals surface area (Å²) in [7, 11) is 0. The van der Waals surface area contributed by atoms with Gasteiger partial charge in [-0.1, -0.05) is 48.6 Å². The number of rotatable bonds is 4. The van der Waals surface area contributed by atoms with Gasteiger partial charge in [-0.15, -0.1) is 0 Å². The van der Waals surface area contributed by atoms with E-state index in [1.807, 2.05) is 42.5 Å². The second-order valence-corrected chi connectivity index (χ2v) is 3.86. The van der Waals surface area contributed by atoms with Crippen LogP contribution in [0, 0.1) is 46.5 Å². The van der Waals surface area contributed by atoms with E-state index in [4.69, 9.17) is 22.4 Å². The first-order valence-electron chi connectivity index (χ1n) is 5.97. The summed E-state index contributed by atoms with van der Waals surface area (Å²) in [5, 5.41) is 26.3. The van der Waals surface area contributed by atoms with E-state index in [2.05, 4.69) is 4.85 Å². The Morgan fingerprint density at radius 2 is 1.76 bits per heavy atom. The van der Waals surface area contributed by atoms with Crippen molar-refractivity contribution in [3.8, 4) is 18.2 Å². The lowest BCUT2D eigenvalue weighted by molar-refractivity contribution is 1.09. The van der Waals surface area contributed by atoms with Crippen LogP contribution in [0.25, 0.3) is 10.4 Å². The van der Waals surface area contributed by atoms with E-state index in [-0.39, 0.29) is 5.70 Å². The van der Waals surface area contributed by atoms with Crippen molar-refractivity contribution in [1.82, 2.24) is 0 Å². The van der Waals surface area contributed by atoms with Gasteiger partial charge in [-0.05, 0) is 17.2 Å². The maximum atomic E-state index is 8.77. The molecular weight excluding hydrogens is 260 g/mol. The lowest BCUT2D eigenvalue weighted by Gasteiger charge is -2.01. The van der Waals surface area contributed by atoms with E-state index < -0.39 is 5.92 Å². The van der Waals surface area contributed by atoms with E-state index >= 15 is 0 Å². The van der Waals surface area contributed by atoms with E-state index in [0.29, 0.717) is 5.57 Å². The number of allylic oxidation sites excluding steroid dienone is 6. The first kappa shape index (κ1) is 15.5. The topological polar surface area (TPSA) is 75.7 Å². The van der Waals surface area contributed by atoms with Gasteiger partial charge in [-0.2, -0.15) is 10.5 Å². The maximum Gasteiger partial charge on any atom is 0.261 e. The molecular formula is C17H10N4. The third kappa shape index (κ3) is 4.88. The molecule has 0 radical (unpaired) electrons. The predicted molar refractivity (Wildman–Crippen MR) is 78.6 cm³/mol. The third-order valence-electron chi connectivity index (χ3n) is 2.51. The maximum absolute atomic E-state index is 8.77. The van der Waals surface area contributed by atoms with E-state index in [9.17, 15) is 0 Å². The van der Waals surface area contributed by atoms with Crippen LogP contribution in [-0.4, -0.2) is 0 Å². The molecule has 0 aliphatic rings. The zero-order valence-corrected chi connectivity index (χ0v) is 11.1. The van der Waals surface area contributed by atoms with Crippen LogP contribution in [0.1, 0.15) is 5.56 Å². The molecule has 1 rings (SSSR count). The van der Waals surface area contributed by atoms with E-state index in [1.54, 1.807) is 18.2 Å². The molecule has 0 fully saturated rings. The van der Waals surface area contributed by atoms with Gasteiger partial charge in [0.15, 0.2) is 5.92 Å².